The van der Waals surface area contributed by atoms with Gasteiger partial charge in [-0.15, -0.1) is 0 Å². The van der Waals surface area contributed by atoms with E-state index in [1.54, 1.807) is 22.5 Å². The van der Waals surface area contributed by atoms with Crippen molar-refractivity contribution >= 4 is 34.4 Å². The van der Waals surface area contributed by atoms with Crippen LogP contribution in [0.2, 0.25) is 4.44 Å². The van der Waals surface area contributed by atoms with E-state index in [1.165, 1.54) is 17.3 Å². The summed E-state index contributed by atoms with van der Waals surface area (Å²) in [4.78, 5) is 0. The van der Waals surface area contributed by atoms with E-state index in [-0.39, 0.29) is 0 Å². The maximum atomic E-state index is 4.88. The summed E-state index contributed by atoms with van der Waals surface area (Å²) in [7, 11) is 0. The fraction of sp³-hybridized carbons (Fsp3) is 1.00. The molecule has 0 aromatic heterocycles. The average molecular weight is 284 g/mol. The molecule has 67 valence electrons. The SMILES string of the molecule is CCCCOCl.CCC[CH2][Sn]. The Morgan fingerprint density at radius 1 is 1.18 bits per heavy atom. The molecular formula is C8H18ClOSn. The molecule has 0 saturated heterocycles. The fourth-order valence-corrected chi connectivity index (χ4v) is 1.49. The van der Waals surface area contributed by atoms with E-state index in [0.717, 1.165) is 12.8 Å². The molecule has 0 fully saturated rings. The number of unbranched alkanes of at least 4 members (excludes halogenated alkanes) is 2. The van der Waals surface area contributed by atoms with Crippen LogP contribution in [0.15, 0.2) is 0 Å². The van der Waals surface area contributed by atoms with E-state index in [0.29, 0.717) is 6.61 Å². The van der Waals surface area contributed by atoms with Crippen LogP contribution in [0.5, 0.6) is 0 Å². The molecule has 0 heterocycles. The Kier molecular flexibility index (Phi) is 22.8. The first-order chi connectivity index (χ1) is 5.33. The topological polar surface area (TPSA) is 9.23 Å². The van der Waals surface area contributed by atoms with Gasteiger partial charge in [0.2, 0.25) is 0 Å². The van der Waals surface area contributed by atoms with Crippen LogP contribution in [-0.4, -0.2) is 29.1 Å². The van der Waals surface area contributed by atoms with Gasteiger partial charge in [-0.1, -0.05) is 13.3 Å². The molecule has 0 aliphatic rings. The Bertz CT molecular complexity index is 47.4. The minimum absolute atomic E-state index is 0.679. The molecule has 3 radical (unpaired) electrons. The first kappa shape index (κ1) is 14.6. The van der Waals surface area contributed by atoms with Gasteiger partial charge in [0.05, 0.1) is 18.5 Å². The van der Waals surface area contributed by atoms with Crippen LogP contribution in [-0.2, 0) is 4.29 Å². The van der Waals surface area contributed by atoms with E-state index in [9.17, 15) is 0 Å². The second-order valence-corrected chi connectivity index (χ2v) is 3.92. The molecule has 0 aromatic carbocycles. The standard InChI is InChI=1S/C4H9ClO.C4H9.Sn/c1-2-3-4-6-5;1-3-4-2;/h2-4H2,1H3;1,3-4H2,2H3;. The van der Waals surface area contributed by atoms with Gasteiger partial charge in [0.25, 0.3) is 0 Å². The van der Waals surface area contributed by atoms with Crippen LogP contribution < -0.4 is 0 Å². The van der Waals surface area contributed by atoms with Gasteiger partial charge in [-0.3, -0.25) is 4.29 Å². The number of halogens is 1. The summed E-state index contributed by atoms with van der Waals surface area (Å²) in [6.07, 6.45) is 5.00. The van der Waals surface area contributed by atoms with E-state index < -0.39 is 0 Å². The van der Waals surface area contributed by atoms with E-state index in [2.05, 4.69) is 18.1 Å². The van der Waals surface area contributed by atoms with Gasteiger partial charge in [0, 0.05) is 0 Å². The van der Waals surface area contributed by atoms with Gasteiger partial charge in [-0.25, -0.2) is 0 Å². The second-order valence-electron chi connectivity index (χ2n) is 2.27. The zero-order valence-corrected chi connectivity index (χ0v) is 11.1. The summed E-state index contributed by atoms with van der Waals surface area (Å²) in [5.74, 6) is 0. The minimum atomic E-state index is 0.679. The zero-order valence-electron chi connectivity index (χ0n) is 7.53. The zero-order chi connectivity index (χ0) is 8.95. The predicted octanol–water partition coefficient (Wildman–Crippen LogP) is 3.33. The van der Waals surface area contributed by atoms with Crippen LogP contribution in [0.1, 0.15) is 39.5 Å². The summed E-state index contributed by atoms with van der Waals surface area (Å²) < 4.78 is 5.69. The van der Waals surface area contributed by atoms with Crippen LogP contribution in [0, 0.1) is 0 Å². The Morgan fingerprint density at radius 3 is 1.82 bits per heavy atom. The summed E-state index contributed by atoms with van der Waals surface area (Å²) >= 11 is 6.57. The fourth-order valence-electron chi connectivity index (χ4n) is 0.376. The Balaban J connectivity index is 0. The van der Waals surface area contributed by atoms with Crippen LogP contribution >= 0.6 is 11.9 Å². The average Bonchev–Trinajstić information content (AvgIpc) is 2.04. The van der Waals surface area contributed by atoms with Crippen LogP contribution in [0.4, 0.5) is 0 Å². The van der Waals surface area contributed by atoms with Crippen molar-refractivity contribution < 1.29 is 4.29 Å². The van der Waals surface area contributed by atoms with Crippen molar-refractivity contribution in [3.8, 4) is 0 Å². The first-order valence-corrected chi connectivity index (χ1v) is 6.54. The molecule has 0 spiro atoms. The molecule has 0 saturated carbocycles. The third kappa shape index (κ3) is 24.7. The molecule has 0 unspecified atom stereocenters. The van der Waals surface area contributed by atoms with Gasteiger partial charge in [-0.2, -0.15) is 0 Å². The molecule has 1 nitrogen and oxygen atoms in total. The van der Waals surface area contributed by atoms with Crippen molar-refractivity contribution in [1.29, 1.82) is 0 Å². The number of hydrogen-bond acceptors (Lipinski definition) is 1. The first-order valence-electron chi connectivity index (χ1n) is 4.21. The molecule has 3 heteroatoms. The molecule has 11 heavy (non-hydrogen) atoms. The van der Waals surface area contributed by atoms with E-state index >= 15 is 0 Å². The number of hydrogen-bond donors (Lipinski definition) is 0. The van der Waals surface area contributed by atoms with Crippen LogP contribution in [0.3, 0.4) is 0 Å². The molecule has 0 N–H and O–H groups in total. The van der Waals surface area contributed by atoms with Crippen molar-refractivity contribution in [2.75, 3.05) is 6.61 Å². The third-order valence-electron chi connectivity index (χ3n) is 1.11. The molecule has 0 rings (SSSR count). The van der Waals surface area contributed by atoms with E-state index in [4.69, 9.17) is 11.9 Å². The molecule has 0 aromatic rings. The molecule has 0 aliphatic heterocycles. The van der Waals surface area contributed by atoms with Crippen LogP contribution in [0.25, 0.3) is 0 Å². The van der Waals surface area contributed by atoms with Crippen molar-refractivity contribution in [3.05, 3.63) is 0 Å². The van der Waals surface area contributed by atoms with Crippen molar-refractivity contribution in [3.63, 3.8) is 0 Å². The quantitative estimate of drug-likeness (QED) is 0.556. The Hall–Kier alpha value is 1.05. The summed E-state index contributed by atoms with van der Waals surface area (Å²) in [6.45, 7) is 5.00. The van der Waals surface area contributed by atoms with Gasteiger partial charge < -0.3 is 0 Å². The number of rotatable bonds is 5. The van der Waals surface area contributed by atoms with E-state index in [1.807, 2.05) is 0 Å². The summed E-state index contributed by atoms with van der Waals surface area (Å²) in [5.41, 5.74) is 0. The van der Waals surface area contributed by atoms with Gasteiger partial charge in [-0.05, 0) is 6.42 Å². The second kappa shape index (κ2) is 17.2. The molecular weight excluding hydrogens is 266 g/mol. The Labute approximate surface area is 89.1 Å². The van der Waals surface area contributed by atoms with Crippen molar-refractivity contribution in [2.45, 2.75) is 44.0 Å². The normalized spacial score (nSPS) is 8.73. The maximum absolute atomic E-state index is 4.88. The Morgan fingerprint density at radius 2 is 1.73 bits per heavy atom. The van der Waals surface area contributed by atoms with Gasteiger partial charge in [0.1, 0.15) is 0 Å². The predicted molar refractivity (Wildman–Crippen MR) is 52.2 cm³/mol. The monoisotopic (exact) mass is 285 g/mol. The molecule has 0 bridgehead atoms. The van der Waals surface area contributed by atoms with Gasteiger partial charge in [0.15, 0.2) is 0 Å². The summed E-state index contributed by atoms with van der Waals surface area (Å²) in [5, 5.41) is 0. The third-order valence-corrected chi connectivity index (χ3v) is 2.27. The molecule has 0 aliphatic carbocycles. The summed E-state index contributed by atoms with van der Waals surface area (Å²) in [6, 6.07) is 0. The molecule has 0 atom stereocenters. The molecule has 0 amide bonds. The van der Waals surface area contributed by atoms with Crippen molar-refractivity contribution in [2.24, 2.45) is 0 Å². The van der Waals surface area contributed by atoms with Gasteiger partial charge >= 0.3 is 46.7 Å². The van der Waals surface area contributed by atoms with Crippen molar-refractivity contribution in [1.82, 2.24) is 0 Å².